The van der Waals surface area contributed by atoms with Crippen LogP contribution in [0.3, 0.4) is 0 Å². The van der Waals surface area contributed by atoms with Crippen molar-refractivity contribution in [3.63, 3.8) is 0 Å². The fourth-order valence-electron chi connectivity index (χ4n) is 5.97. The highest BCUT2D eigenvalue weighted by molar-refractivity contribution is 6.14. The van der Waals surface area contributed by atoms with Gasteiger partial charge in [-0.05, 0) is 36.6 Å². The number of non-ortho nitro benzene ring substituents is 1. The van der Waals surface area contributed by atoms with Crippen LogP contribution < -0.4 is 4.90 Å². The molecule has 4 aliphatic heterocycles. The Hall–Kier alpha value is -3.85. The predicted molar refractivity (Wildman–Crippen MR) is 126 cm³/mol. The Morgan fingerprint density at radius 3 is 2.51 bits per heavy atom. The number of hydrogen-bond acceptors (Lipinski definition) is 7. The van der Waals surface area contributed by atoms with E-state index in [9.17, 15) is 24.5 Å². The van der Waals surface area contributed by atoms with Gasteiger partial charge in [-0.15, -0.1) is 0 Å². The number of carbonyl (C=O) groups is 3. The van der Waals surface area contributed by atoms with E-state index >= 15 is 0 Å². The molecule has 0 aliphatic carbocycles. The molecule has 9 nitrogen and oxygen atoms in total. The van der Waals surface area contributed by atoms with Crippen LogP contribution in [0.4, 0.5) is 11.4 Å². The van der Waals surface area contributed by atoms with Crippen LogP contribution in [-0.2, 0) is 14.3 Å². The van der Waals surface area contributed by atoms with Crippen molar-refractivity contribution in [2.45, 2.75) is 31.0 Å². The molecule has 0 spiro atoms. The highest BCUT2D eigenvalue weighted by Gasteiger charge is 2.64. The fraction of sp³-hybridized carbons (Fsp3) is 0.346. The van der Waals surface area contributed by atoms with Gasteiger partial charge in [0.05, 0.1) is 35.4 Å². The average molecular weight is 473 g/mol. The van der Waals surface area contributed by atoms with Gasteiger partial charge >= 0.3 is 0 Å². The smallest absolute Gasteiger partial charge is 0.269 e. The van der Waals surface area contributed by atoms with Crippen LogP contribution in [-0.4, -0.2) is 58.8 Å². The number of nitro groups is 1. The number of hydrogen-bond donors (Lipinski definition) is 0. The lowest BCUT2D eigenvalue weighted by Crippen LogP contribution is -2.49. The van der Waals surface area contributed by atoms with Crippen molar-refractivity contribution >= 4 is 35.0 Å². The minimum atomic E-state index is -0.900. The number of ketones is 1. The maximum absolute atomic E-state index is 13.9. The molecule has 2 aromatic carbocycles. The number of Topliss-reactive ketones (excluding diaryl/α,β-unsaturated/α-hetero) is 1. The number of nitrogens with zero attached hydrogens (tertiary/aromatic N) is 3. The zero-order valence-electron chi connectivity index (χ0n) is 18.8. The van der Waals surface area contributed by atoms with Crippen LogP contribution >= 0.6 is 0 Å². The lowest BCUT2D eigenvalue weighted by atomic mass is 9.86. The number of fused-ring (bicyclic) bond motifs is 5. The third-order valence-corrected chi connectivity index (χ3v) is 7.55. The summed E-state index contributed by atoms with van der Waals surface area (Å²) >= 11 is 0. The van der Waals surface area contributed by atoms with Crippen LogP contribution in [0, 0.1) is 22.0 Å². The lowest BCUT2D eigenvalue weighted by Gasteiger charge is -2.36. The average Bonchev–Trinajstić information content (AvgIpc) is 3.57. The van der Waals surface area contributed by atoms with Gasteiger partial charge in [0.25, 0.3) is 5.69 Å². The number of imide groups is 1. The van der Waals surface area contributed by atoms with Gasteiger partial charge in [0, 0.05) is 30.0 Å². The topological polar surface area (TPSA) is 110 Å². The number of para-hydroxylation sites is 1. The standard InChI is InChI=1S/C26H23N3O6/c30-24(16-7-10-17(11-8-16)29(33)34)23-22-21(20-12-9-15-4-1-2-6-19(15)28(20)23)25(31)27(26(22)32)14-18-5-3-13-35-18/h1-2,4,6-12,18,20-23H,3,5,13-14H2/t18-,20+,21+,22-,23-/m0/s1. The normalized spacial score (nSPS) is 28.7. The minimum Gasteiger partial charge on any atom is -0.376 e. The molecule has 3 saturated heterocycles. The maximum Gasteiger partial charge on any atom is 0.269 e. The molecule has 4 heterocycles. The summed E-state index contributed by atoms with van der Waals surface area (Å²) in [6, 6.07) is 11.6. The van der Waals surface area contributed by atoms with E-state index in [4.69, 9.17) is 4.74 Å². The number of ether oxygens (including phenoxy) is 1. The molecule has 0 unspecified atom stereocenters. The summed E-state index contributed by atoms with van der Waals surface area (Å²) in [5, 5.41) is 11.1. The van der Waals surface area contributed by atoms with Gasteiger partial charge in [-0.25, -0.2) is 0 Å². The number of benzene rings is 2. The molecular weight excluding hydrogens is 450 g/mol. The lowest BCUT2D eigenvalue weighted by molar-refractivity contribution is -0.384. The number of rotatable bonds is 5. The van der Waals surface area contributed by atoms with Gasteiger partial charge in [-0.3, -0.25) is 29.4 Å². The monoisotopic (exact) mass is 473 g/mol. The summed E-state index contributed by atoms with van der Waals surface area (Å²) in [4.78, 5) is 54.9. The summed E-state index contributed by atoms with van der Waals surface area (Å²) in [5.41, 5.74) is 1.84. The zero-order chi connectivity index (χ0) is 24.3. The first-order valence-corrected chi connectivity index (χ1v) is 11.8. The van der Waals surface area contributed by atoms with Crippen molar-refractivity contribution in [2.24, 2.45) is 11.8 Å². The number of amides is 2. The highest BCUT2D eigenvalue weighted by atomic mass is 16.6. The number of nitro benzene ring substituents is 1. The molecule has 0 aromatic heterocycles. The molecule has 0 N–H and O–H groups in total. The molecule has 5 atom stereocenters. The summed E-state index contributed by atoms with van der Waals surface area (Å²) in [7, 11) is 0. The van der Waals surface area contributed by atoms with E-state index in [0.717, 1.165) is 24.1 Å². The molecule has 2 amide bonds. The molecule has 0 saturated carbocycles. The molecule has 6 rings (SSSR count). The Morgan fingerprint density at radius 2 is 1.80 bits per heavy atom. The fourth-order valence-corrected chi connectivity index (χ4v) is 5.97. The number of anilines is 1. The van der Waals surface area contributed by atoms with Crippen molar-refractivity contribution in [3.05, 3.63) is 75.8 Å². The molecule has 3 fully saturated rings. The molecule has 2 aromatic rings. The van der Waals surface area contributed by atoms with E-state index in [1.165, 1.54) is 29.2 Å². The van der Waals surface area contributed by atoms with Crippen LogP contribution in [0.15, 0.2) is 54.6 Å². The van der Waals surface area contributed by atoms with Crippen molar-refractivity contribution in [1.82, 2.24) is 4.90 Å². The Morgan fingerprint density at radius 1 is 1.06 bits per heavy atom. The van der Waals surface area contributed by atoms with Crippen LogP contribution in [0.2, 0.25) is 0 Å². The number of carbonyl (C=O) groups excluding carboxylic acids is 3. The van der Waals surface area contributed by atoms with E-state index in [0.29, 0.717) is 6.61 Å². The van der Waals surface area contributed by atoms with Crippen molar-refractivity contribution in [1.29, 1.82) is 0 Å². The van der Waals surface area contributed by atoms with Gasteiger partial charge in [-0.2, -0.15) is 0 Å². The van der Waals surface area contributed by atoms with Crippen molar-refractivity contribution in [3.8, 4) is 0 Å². The third-order valence-electron chi connectivity index (χ3n) is 7.55. The molecular formula is C26H23N3O6. The summed E-state index contributed by atoms with van der Waals surface area (Å²) in [5.74, 6) is -2.47. The van der Waals surface area contributed by atoms with Crippen LogP contribution in [0.1, 0.15) is 28.8 Å². The highest BCUT2D eigenvalue weighted by Crippen LogP contribution is 2.49. The van der Waals surface area contributed by atoms with Gasteiger partial charge in [0.1, 0.15) is 6.04 Å². The predicted octanol–water partition coefficient (Wildman–Crippen LogP) is 2.84. The van der Waals surface area contributed by atoms with E-state index in [-0.39, 0.29) is 41.5 Å². The maximum atomic E-state index is 13.9. The van der Waals surface area contributed by atoms with Crippen molar-refractivity contribution < 1.29 is 24.0 Å². The molecule has 178 valence electrons. The Labute approximate surface area is 201 Å². The SMILES string of the molecule is O=C(c1ccc([N+](=O)[O-])cc1)[C@@H]1[C@H]2C(=O)N(C[C@@H]3CCCO3)C(=O)[C@@H]2[C@H]2C=Cc3ccccc3N21. The molecule has 35 heavy (non-hydrogen) atoms. The second-order valence-electron chi connectivity index (χ2n) is 9.40. The van der Waals surface area contributed by atoms with Gasteiger partial charge in [0.2, 0.25) is 11.8 Å². The Kier molecular flexibility index (Phi) is 5.03. The van der Waals surface area contributed by atoms with E-state index in [2.05, 4.69) is 0 Å². The molecule has 9 heteroatoms. The van der Waals surface area contributed by atoms with Crippen LogP contribution in [0.5, 0.6) is 0 Å². The molecule has 0 bridgehead atoms. The van der Waals surface area contributed by atoms with E-state index in [1.54, 1.807) is 0 Å². The third kappa shape index (κ3) is 3.30. The molecule has 0 radical (unpaired) electrons. The quantitative estimate of drug-likeness (QED) is 0.284. The zero-order valence-corrected chi connectivity index (χ0v) is 18.8. The van der Waals surface area contributed by atoms with Gasteiger partial charge in [0.15, 0.2) is 5.78 Å². The first-order valence-electron chi connectivity index (χ1n) is 11.8. The Balaban J connectivity index is 1.41. The molecule has 4 aliphatic rings. The van der Waals surface area contributed by atoms with Crippen LogP contribution in [0.25, 0.3) is 6.08 Å². The second-order valence-corrected chi connectivity index (χ2v) is 9.40. The van der Waals surface area contributed by atoms with Gasteiger partial charge < -0.3 is 9.64 Å². The summed E-state index contributed by atoms with van der Waals surface area (Å²) in [6.45, 7) is 0.820. The minimum absolute atomic E-state index is 0.121. The summed E-state index contributed by atoms with van der Waals surface area (Å²) < 4.78 is 5.67. The largest absolute Gasteiger partial charge is 0.376 e. The first kappa shape index (κ1) is 21.7. The summed E-state index contributed by atoms with van der Waals surface area (Å²) in [6.07, 6.45) is 5.35. The van der Waals surface area contributed by atoms with Crippen molar-refractivity contribution in [2.75, 3.05) is 18.1 Å². The van der Waals surface area contributed by atoms with E-state index in [1.807, 2.05) is 41.3 Å². The van der Waals surface area contributed by atoms with E-state index < -0.39 is 28.8 Å². The number of likely N-dealkylation sites (tertiary alicyclic amines) is 1. The first-order chi connectivity index (χ1) is 17.0. The van der Waals surface area contributed by atoms with Gasteiger partial charge in [-0.1, -0.05) is 30.4 Å². The Bertz CT molecular complexity index is 1270. The second kappa shape index (κ2) is 8.13.